The lowest BCUT2D eigenvalue weighted by Gasteiger charge is -2.15. The average Bonchev–Trinajstić information content (AvgIpc) is 2.78. The second kappa shape index (κ2) is 8.58. The van der Waals surface area contributed by atoms with Gasteiger partial charge in [-0.05, 0) is 61.0 Å². The third kappa shape index (κ3) is 4.20. The Balaban J connectivity index is 1.75. The van der Waals surface area contributed by atoms with Crippen molar-refractivity contribution < 1.29 is 13.6 Å². The van der Waals surface area contributed by atoms with E-state index in [0.717, 1.165) is 22.3 Å². The van der Waals surface area contributed by atoms with E-state index in [1.165, 1.54) is 28.8 Å². The van der Waals surface area contributed by atoms with Gasteiger partial charge in [-0.15, -0.1) is 0 Å². The molecule has 4 rings (SSSR count). The second-order valence-electron chi connectivity index (χ2n) is 7.41. The molecule has 0 saturated heterocycles. The molecule has 6 nitrogen and oxygen atoms in total. The highest BCUT2D eigenvalue weighted by atomic mass is 19.1. The molecule has 162 valence electrons. The fraction of sp³-hybridized carbons (Fsp3) is 0.125. The number of nitrogens with one attached hydrogen (secondary N) is 1. The summed E-state index contributed by atoms with van der Waals surface area (Å²) in [5.41, 5.74) is 0.763. The number of benzene rings is 3. The van der Waals surface area contributed by atoms with Crippen molar-refractivity contribution in [3.8, 4) is 5.69 Å². The van der Waals surface area contributed by atoms with Crippen molar-refractivity contribution >= 4 is 16.8 Å². The first-order valence-corrected chi connectivity index (χ1v) is 9.87. The van der Waals surface area contributed by atoms with Crippen LogP contribution in [0.1, 0.15) is 11.1 Å². The number of nitrogens with zero attached hydrogens (tertiary/aromatic N) is 2. The quantitative estimate of drug-likeness (QED) is 0.524. The van der Waals surface area contributed by atoms with E-state index in [1.807, 2.05) is 6.92 Å². The molecule has 0 aliphatic heterocycles. The lowest BCUT2D eigenvalue weighted by molar-refractivity contribution is -0.121. The first-order valence-electron chi connectivity index (χ1n) is 9.87. The standard InChI is InChI=1S/C24H19F2N3O3/c1-15-2-11-21-20(12-15)23(31)29(19-9-7-18(26)8-10-19)24(32)28(21)14-22(30)27-13-16-3-5-17(25)6-4-16/h2-12H,13-14H2,1H3,(H,27,30). The molecule has 1 aromatic heterocycles. The van der Waals surface area contributed by atoms with Gasteiger partial charge in [-0.2, -0.15) is 0 Å². The van der Waals surface area contributed by atoms with Gasteiger partial charge >= 0.3 is 5.69 Å². The topological polar surface area (TPSA) is 73.1 Å². The maximum Gasteiger partial charge on any atom is 0.336 e. The van der Waals surface area contributed by atoms with Gasteiger partial charge in [0.1, 0.15) is 18.2 Å². The summed E-state index contributed by atoms with van der Waals surface area (Å²) in [7, 11) is 0. The third-order valence-electron chi connectivity index (χ3n) is 5.09. The van der Waals surface area contributed by atoms with Crippen LogP contribution in [0.5, 0.6) is 0 Å². The number of aromatic nitrogens is 2. The van der Waals surface area contributed by atoms with Crippen LogP contribution < -0.4 is 16.6 Å². The molecule has 32 heavy (non-hydrogen) atoms. The molecule has 3 aromatic carbocycles. The maximum absolute atomic E-state index is 13.4. The Morgan fingerprint density at radius 3 is 2.19 bits per heavy atom. The molecule has 0 bridgehead atoms. The Morgan fingerprint density at radius 1 is 0.906 bits per heavy atom. The molecule has 0 radical (unpaired) electrons. The average molecular weight is 435 g/mol. The van der Waals surface area contributed by atoms with Crippen molar-refractivity contribution in [3.63, 3.8) is 0 Å². The van der Waals surface area contributed by atoms with Gasteiger partial charge in [0, 0.05) is 6.54 Å². The highest BCUT2D eigenvalue weighted by Crippen LogP contribution is 2.13. The summed E-state index contributed by atoms with van der Waals surface area (Å²) in [6, 6.07) is 15.7. The molecule has 1 amide bonds. The van der Waals surface area contributed by atoms with Crippen LogP contribution >= 0.6 is 0 Å². The van der Waals surface area contributed by atoms with E-state index in [0.29, 0.717) is 11.1 Å². The Kier molecular flexibility index (Phi) is 5.68. The van der Waals surface area contributed by atoms with Gasteiger partial charge in [0.2, 0.25) is 5.91 Å². The van der Waals surface area contributed by atoms with Gasteiger partial charge in [0.25, 0.3) is 5.56 Å². The molecule has 1 heterocycles. The van der Waals surface area contributed by atoms with E-state index in [2.05, 4.69) is 5.32 Å². The predicted octanol–water partition coefficient (Wildman–Crippen LogP) is 3.06. The minimum absolute atomic E-state index is 0.155. The van der Waals surface area contributed by atoms with Crippen LogP contribution in [0.2, 0.25) is 0 Å². The Labute approximate surface area is 181 Å². The molecule has 4 aromatic rings. The number of carbonyl (C=O) groups is 1. The molecule has 0 fully saturated rings. The molecule has 0 unspecified atom stereocenters. The van der Waals surface area contributed by atoms with E-state index < -0.39 is 23.0 Å². The highest BCUT2D eigenvalue weighted by Gasteiger charge is 2.17. The number of hydrogen-bond donors (Lipinski definition) is 1. The van der Waals surface area contributed by atoms with E-state index >= 15 is 0 Å². The zero-order chi connectivity index (χ0) is 22.8. The molecule has 0 aliphatic rings. The van der Waals surface area contributed by atoms with Crippen molar-refractivity contribution in [3.05, 3.63) is 110 Å². The number of fused-ring (bicyclic) bond motifs is 1. The maximum atomic E-state index is 13.4. The summed E-state index contributed by atoms with van der Waals surface area (Å²) in [6.45, 7) is 1.63. The fourth-order valence-electron chi connectivity index (χ4n) is 3.46. The van der Waals surface area contributed by atoms with Crippen molar-refractivity contribution in [1.82, 2.24) is 14.5 Å². The summed E-state index contributed by atoms with van der Waals surface area (Å²) >= 11 is 0. The number of halogens is 2. The minimum Gasteiger partial charge on any atom is -0.350 e. The lowest BCUT2D eigenvalue weighted by Crippen LogP contribution is -2.41. The summed E-state index contributed by atoms with van der Waals surface area (Å²) in [5, 5.41) is 2.96. The van der Waals surface area contributed by atoms with Gasteiger partial charge in [-0.3, -0.25) is 14.2 Å². The van der Waals surface area contributed by atoms with Crippen LogP contribution in [0.3, 0.4) is 0 Å². The molecule has 8 heteroatoms. The van der Waals surface area contributed by atoms with Crippen LogP contribution in [0.25, 0.3) is 16.6 Å². The number of aryl methyl sites for hydroxylation is 1. The van der Waals surface area contributed by atoms with Gasteiger partial charge in [0.15, 0.2) is 0 Å². The van der Waals surface area contributed by atoms with E-state index in [1.54, 1.807) is 30.3 Å². The molecule has 0 aliphatic carbocycles. The predicted molar refractivity (Wildman–Crippen MR) is 117 cm³/mol. The summed E-state index contributed by atoms with van der Waals surface area (Å²) in [6.07, 6.45) is 0. The van der Waals surface area contributed by atoms with Crippen molar-refractivity contribution in [1.29, 1.82) is 0 Å². The van der Waals surface area contributed by atoms with Crippen LogP contribution in [0.15, 0.2) is 76.3 Å². The molecule has 1 N–H and O–H groups in total. The number of carbonyl (C=O) groups excluding carboxylic acids is 1. The first kappa shape index (κ1) is 21.2. The van der Waals surface area contributed by atoms with E-state index in [-0.39, 0.29) is 30.0 Å². The largest absolute Gasteiger partial charge is 0.350 e. The van der Waals surface area contributed by atoms with Crippen LogP contribution in [0.4, 0.5) is 8.78 Å². The van der Waals surface area contributed by atoms with Crippen molar-refractivity contribution in [2.75, 3.05) is 0 Å². The molecule has 0 saturated carbocycles. The number of amides is 1. The van der Waals surface area contributed by atoms with Gasteiger partial charge in [-0.1, -0.05) is 23.8 Å². The minimum atomic E-state index is -0.713. The third-order valence-corrected chi connectivity index (χ3v) is 5.09. The zero-order valence-corrected chi connectivity index (χ0v) is 17.1. The zero-order valence-electron chi connectivity index (χ0n) is 17.1. The van der Waals surface area contributed by atoms with Gasteiger partial charge in [-0.25, -0.2) is 18.1 Å². The smallest absolute Gasteiger partial charge is 0.336 e. The normalized spacial score (nSPS) is 11.0. The number of rotatable bonds is 5. The van der Waals surface area contributed by atoms with Gasteiger partial charge < -0.3 is 5.32 Å². The molecule has 0 spiro atoms. The molecule has 0 atom stereocenters. The second-order valence-corrected chi connectivity index (χ2v) is 7.41. The van der Waals surface area contributed by atoms with Gasteiger partial charge in [0.05, 0.1) is 16.6 Å². The summed E-state index contributed by atoms with van der Waals surface area (Å²) in [5.74, 6) is -1.34. The molecular weight excluding hydrogens is 416 g/mol. The highest BCUT2D eigenvalue weighted by molar-refractivity contribution is 5.82. The monoisotopic (exact) mass is 435 g/mol. The molecular formula is C24H19F2N3O3. The Bertz CT molecular complexity index is 1420. The summed E-state index contributed by atoms with van der Waals surface area (Å²) < 4.78 is 28.5. The first-order chi connectivity index (χ1) is 15.3. The van der Waals surface area contributed by atoms with E-state index in [4.69, 9.17) is 0 Å². The van der Waals surface area contributed by atoms with Crippen molar-refractivity contribution in [2.45, 2.75) is 20.0 Å². The van der Waals surface area contributed by atoms with Crippen molar-refractivity contribution in [2.24, 2.45) is 0 Å². The fourth-order valence-corrected chi connectivity index (χ4v) is 3.46. The number of hydrogen-bond acceptors (Lipinski definition) is 3. The van der Waals surface area contributed by atoms with Crippen LogP contribution in [-0.4, -0.2) is 15.0 Å². The lowest BCUT2D eigenvalue weighted by atomic mass is 10.1. The van der Waals surface area contributed by atoms with Crippen LogP contribution in [0, 0.1) is 18.6 Å². The van der Waals surface area contributed by atoms with E-state index in [9.17, 15) is 23.2 Å². The Morgan fingerprint density at radius 2 is 1.53 bits per heavy atom. The SMILES string of the molecule is Cc1ccc2c(c1)c(=O)n(-c1ccc(F)cc1)c(=O)n2CC(=O)NCc1ccc(F)cc1. The Hall–Kier alpha value is -4.07. The van der Waals surface area contributed by atoms with Crippen LogP contribution in [-0.2, 0) is 17.9 Å². The summed E-state index contributed by atoms with van der Waals surface area (Å²) in [4.78, 5) is 38.9.